The van der Waals surface area contributed by atoms with Crippen LogP contribution in [-0.2, 0) is 13.2 Å². The molecule has 0 unspecified atom stereocenters. The van der Waals surface area contributed by atoms with Crippen LogP contribution in [0.15, 0.2) is 79.4 Å². The summed E-state index contributed by atoms with van der Waals surface area (Å²) in [5.74, 6) is -0.159. The Bertz CT molecular complexity index is 939. The van der Waals surface area contributed by atoms with Crippen molar-refractivity contribution in [1.29, 1.82) is 0 Å². The summed E-state index contributed by atoms with van der Waals surface area (Å²) < 4.78 is 7.66. The molecule has 0 bridgehead atoms. The van der Waals surface area contributed by atoms with Crippen molar-refractivity contribution >= 4 is 16.9 Å². The van der Waals surface area contributed by atoms with E-state index in [9.17, 15) is 9.90 Å². The number of aromatic carboxylic acids is 1. The number of aromatic nitrogens is 1. The Morgan fingerprint density at radius 3 is 2.50 bits per heavy atom. The zero-order valence-corrected chi connectivity index (χ0v) is 16.5. The Kier molecular flexibility index (Phi) is 8.10. The van der Waals surface area contributed by atoms with Crippen molar-refractivity contribution in [3.63, 3.8) is 0 Å². The van der Waals surface area contributed by atoms with Crippen molar-refractivity contribution < 1.29 is 14.6 Å². The highest BCUT2D eigenvalue weighted by Crippen LogP contribution is 2.26. The summed E-state index contributed by atoms with van der Waals surface area (Å²) in [5.41, 5.74) is 2.35. The Labute approximate surface area is 166 Å². The molecular weight excluding hydrogens is 350 g/mol. The molecule has 0 atom stereocenters. The fourth-order valence-electron chi connectivity index (χ4n) is 2.86. The second-order valence-electron chi connectivity index (χ2n) is 6.24. The molecule has 2 aromatic carbocycles. The van der Waals surface area contributed by atoms with Gasteiger partial charge in [0, 0.05) is 17.4 Å². The van der Waals surface area contributed by atoms with Gasteiger partial charge >= 0.3 is 5.97 Å². The molecule has 0 spiro atoms. The zero-order chi connectivity index (χ0) is 20.4. The third-order valence-corrected chi connectivity index (χ3v) is 4.12. The van der Waals surface area contributed by atoms with E-state index in [2.05, 4.69) is 6.58 Å². The minimum atomic E-state index is -0.901. The number of hydrogen-bond donors (Lipinski definition) is 1. The van der Waals surface area contributed by atoms with Gasteiger partial charge in [0.25, 0.3) is 0 Å². The second kappa shape index (κ2) is 10.8. The van der Waals surface area contributed by atoms with E-state index in [1.165, 1.54) is 0 Å². The van der Waals surface area contributed by atoms with E-state index in [4.69, 9.17) is 4.74 Å². The molecule has 28 heavy (non-hydrogen) atoms. The molecule has 0 amide bonds. The van der Waals surface area contributed by atoms with Crippen molar-refractivity contribution in [3.05, 3.63) is 90.7 Å². The highest BCUT2D eigenvalue weighted by molar-refractivity contribution is 5.95. The van der Waals surface area contributed by atoms with Crippen LogP contribution in [0.3, 0.4) is 0 Å². The number of allylic oxidation sites excluding steroid dienone is 3. The average molecular weight is 377 g/mol. The summed E-state index contributed by atoms with van der Waals surface area (Å²) in [5, 5.41) is 10.3. The smallest absolute Gasteiger partial charge is 0.352 e. The van der Waals surface area contributed by atoms with E-state index in [1.54, 1.807) is 12.1 Å². The van der Waals surface area contributed by atoms with Crippen molar-refractivity contribution in [2.75, 3.05) is 0 Å². The molecule has 4 nitrogen and oxygen atoms in total. The largest absolute Gasteiger partial charge is 0.489 e. The predicted octanol–water partition coefficient (Wildman–Crippen LogP) is 6.08. The topological polar surface area (TPSA) is 51.5 Å². The van der Waals surface area contributed by atoms with Gasteiger partial charge in [-0.25, -0.2) is 4.79 Å². The Hall–Kier alpha value is -3.27. The highest BCUT2D eigenvalue weighted by atomic mass is 16.5. The second-order valence-corrected chi connectivity index (χ2v) is 6.24. The standard InChI is InChI=1S/C19H19NO3.C5H8/c1-2-10-20-17-9-8-16(11-15(17)12-18(20)19(21)22)23-13-14-6-4-3-5-7-14;1-3-5-4-2/h3-9,11-12H,2,10,13H2,1H3,(H,21,22);3-5H,1H2,2H3/b;5-4-. The van der Waals surface area contributed by atoms with Crippen molar-refractivity contribution in [3.8, 4) is 5.75 Å². The number of hydrogen-bond acceptors (Lipinski definition) is 2. The highest BCUT2D eigenvalue weighted by Gasteiger charge is 2.14. The Morgan fingerprint density at radius 1 is 1.18 bits per heavy atom. The molecule has 0 aliphatic heterocycles. The lowest BCUT2D eigenvalue weighted by Crippen LogP contribution is -2.07. The average Bonchev–Trinajstić information content (AvgIpc) is 3.07. The van der Waals surface area contributed by atoms with Crippen LogP contribution in [0, 0.1) is 0 Å². The SMILES string of the molecule is C=C/C=C\C.CCCn1c(C(=O)O)cc2cc(OCc3ccccc3)ccc21. The van der Waals surface area contributed by atoms with Gasteiger partial charge in [-0.15, -0.1) is 0 Å². The molecule has 3 aromatic rings. The molecule has 0 saturated carbocycles. The number of nitrogens with zero attached hydrogens (tertiary/aromatic N) is 1. The third-order valence-electron chi connectivity index (χ3n) is 4.12. The zero-order valence-electron chi connectivity index (χ0n) is 16.5. The van der Waals surface area contributed by atoms with Crippen molar-refractivity contribution in [1.82, 2.24) is 4.57 Å². The van der Waals surface area contributed by atoms with Crippen LogP contribution in [0.4, 0.5) is 0 Å². The van der Waals surface area contributed by atoms with Gasteiger partial charge in [0.1, 0.15) is 18.1 Å². The van der Waals surface area contributed by atoms with Crippen LogP contribution in [0.25, 0.3) is 10.9 Å². The molecule has 4 heteroatoms. The maximum Gasteiger partial charge on any atom is 0.352 e. The van der Waals surface area contributed by atoms with Gasteiger partial charge < -0.3 is 14.4 Å². The molecule has 1 heterocycles. The van der Waals surface area contributed by atoms with Crippen LogP contribution >= 0.6 is 0 Å². The molecule has 0 aliphatic rings. The van der Waals surface area contributed by atoms with Crippen LogP contribution in [0.2, 0.25) is 0 Å². The van der Waals surface area contributed by atoms with Gasteiger partial charge in [-0.1, -0.05) is 62.1 Å². The van der Waals surface area contributed by atoms with E-state index in [0.717, 1.165) is 28.6 Å². The summed E-state index contributed by atoms with van der Waals surface area (Å²) >= 11 is 0. The minimum absolute atomic E-state index is 0.321. The Morgan fingerprint density at radius 2 is 1.93 bits per heavy atom. The number of ether oxygens (including phenoxy) is 1. The van der Waals surface area contributed by atoms with E-state index < -0.39 is 5.97 Å². The number of carbonyl (C=O) groups is 1. The molecule has 0 fully saturated rings. The summed E-state index contributed by atoms with van der Waals surface area (Å²) in [4.78, 5) is 11.4. The third kappa shape index (κ3) is 5.61. The van der Waals surface area contributed by atoms with Crippen LogP contribution in [0.5, 0.6) is 5.75 Å². The van der Waals surface area contributed by atoms with Gasteiger partial charge in [-0.05, 0) is 43.2 Å². The van der Waals surface area contributed by atoms with Gasteiger partial charge in [-0.3, -0.25) is 0 Å². The summed E-state index contributed by atoms with van der Waals surface area (Å²) in [6.45, 7) is 8.64. The fraction of sp³-hybridized carbons (Fsp3) is 0.208. The van der Waals surface area contributed by atoms with Crippen LogP contribution < -0.4 is 4.74 Å². The van der Waals surface area contributed by atoms with Gasteiger partial charge in [-0.2, -0.15) is 0 Å². The number of rotatable bonds is 7. The van der Waals surface area contributed by atoms with Gasteiger partial charge in [0.2, 0.25) is 0 Å². The molecular formula is C24H27NO3. The van der Waals surface area contributed by atoms with Crippen LogP contribution in [0.1, 0.15) is 36.3 Å². The first-order valence-corrected chi connectivity index (χ1v) is 9.37. The van der Waals surface area contributed by atoms with E-state index >= 15 is 0 Å². The number of fused-ring (bicyclic) bond motifs is 1. The molecule has 0 saturated heterocycles. The predicted molar refractivity (Wildman–Crippen MR) is 115 cm³/mol. The summed E-state index contributed by atoms with van der Waals surface area (Å²) in [6, 6.07) is 17.4. The minimum Gasteiger partial charge on any atom is -0.489 e. The number of aryl methyl sites for hydroxylation is 1. The molecule has 0 radical (unpaired) electrons. The summed E-state index contributed by atoms with van der Waals surface area (Å²) in [6.07, 6.45) is 6.46. The van der Waals surface area contributed by atoms with E-state index in [0.29, 0.717) is 18.8 Å². The first-order valence-electron chi connectivity index (χ1n) is 9.37. The first-order chi connectivity index (χ1) is 13.6. The number of benzene rings is 2. The van der Waals surface area contributed by atoms with E-state index in [-0.39, 0.29) is 0 Å². The van der Waals surface area contributed by atoms with E-state index in [1.807, 2.05) is 79.1 Å². The lowest BCUT2D eigenvalue weighted by Gasteiger charge is -2.08. The maximum absolute atomic E-state index is 11.4. The lowest BCUT2D eigenvalue weighted by molar-refractivity contribution is 0.0685. The Balaban J connectivity index is 0.000000500. The number of carboxylic acid groups (broad SMARTS) is 1. The maximum atomic E-state index is 11.4. The quantitative estimate of drug-likeness (QED) is 0.508. The monoisotopic (exact) mass is 377 g/mol. The summed E-state index contributed by atoms with van der Waals surface area (Å²) in [7, 11) is 0. The van der Waals surface area contributed by atoms with Crippen molar-refractivity contribution in [2.45, 2.75) is 33.4 Å². The molecule has 0 aliphatic carbocycles. The molecule has 3 rings (SSSR count). The number of carboxylic acids is 1. The molecule has 1 aromatic heterocycles. The fourth-order valence-corrected chi connectivity index (χ4v) is 2.86. The molecule has 1 N–H and O–H groups in total. The normalized spacial score (nSPS) is 10.5. The van der Waals surface area contributed by atoms with Crippen molar-refractivity contribution in [2.24, 2.45) is 0 Å². The van der Waals surface area contributed by atoms with Gasteiger partial charge in [0.05, 0.1) is 0 Å². The molecule has 146 valence electrons. The van der Waals surface area contributed by atoms with Crippen LogP contribution in [-0.4, -0.2) is 15.6 Å². The van der Waals surface area contributed by atoms with Gasteiger partial charge in [0.15, 0.2) is 0 Å². The first kappa shape index (κ1) is 21.0. The lowest BCUT2D eigenvalue weighted by atomic mass is 10.2.